The third-order valence-corrected chi connectivity index (χ3v) is 3.46. The van der Waals surface area contributed by atoms with Gasteiger partial charge in [-0.1, -0.05) is 36.4 Å². The molecule has 1 aliphatic heterocycles. The molecule has 0 aromatic heterocycles. The van der Waals surface area contributed by atoms with Crippen LogP contribution in [-0.2, 0) is 4.74 Å². The molecule has 3 nitrogen and oxygen atoms in total. The first-order chi connectivity index (χ1) is 11.3. The lowest BCUT2D eigenvalue weighted by Gasteiger charge is -2.20. The fourth-order valence-corrected chi connectivity index (χ4v) is 2.26. The highest BCUT2D eigenvalue weighted by atomic mass is 19.4. The first-order valence-electron chi connectivity index (χ1n) is 7.10. The number of rotatable bonds is 2. The summed E-state index contributed by atoms with van der Waals surface area (Å²) in [5.74, 6) is -1.32. The predicted molar refractivity (Wildman–Crippen MR) is 85.0 cm³/mol. The maximum atomic E-state index is 13.0. The second-order valence-electron chi connectivity index (χ2n) is 5.22. The molecule has 6 heteroatoms. The summed E-state index contributed by atoms with van der Waals surface area (Å²) in [5.41, 5.74) is 1.82. The van der Waals surface area contributed by atoms with Crippen LogP contribution in [0.25, 0.3) is 11.8 Å². The summed E-state index contributed by atoms with van der Waals surface area (Å²) in [4.78, 5) is 14.8. The molecule has 1 heterocycles. The molecule has 24 heavy (non-hydrogen) atoms. The minimum Gasteiger partial charge on any atom is -0.434 e. The van der Waals surface area contributed by atoms with Gasteiger partial charge in [-0.05, 0) is 30.7 Å². The molecule has 0 atom stereocenters. The largest absolute Gasteiger partial charge is 0.468 e. The zero-order chi connectivity index (χ0) is 17.3. The van der Waals surface area contributed by atoms with Crippen molar-refractivity contribution in [1.29, 1.82) is 0 Å². The molecular formula is C18H12F3NO2. The lowest BCUT2D eigenvalue weighted by Crippen LogP contribution is -2.26. The van der Waals surface area contributed by atoms with Gasteiger partial charge in [0.15, 0.2) is 5.78 Å². The smallest absolute Gasteiger partial charge is 0.434 e. The number of fused-ring (bicyclic) bond motifs is 1. The monoisotopic (exact) mass is 331 g/mol. The summed E-state index contributed by atoms with van der Waals surface area (Å²) >= 11 is 0. The molecule has 2 aromatic carbocycles. The van der Waals surface area contributed by atoms with E-state index in [1.165, 1.54) is 19.1 Å². The van der Waals surface area contributed by atoms with Crippen molar-refractivity contribution in [2.45, 2.75) is 13.1 Å². The molecule has 1 aliphatic rings. The van der Waals surface area contributed by atoms with Crippen molar-refractivity contribution in [3.63, 3.8) is 0 Å². The van der Waals surface area contributed by atoms with Crippen molar-refractivity contribution in [3.8, 4) is 0 Å². The van der Waals surface area contributed by atoms with Crippen molar-refractivity contribution < 1.29 is 22.7 Å². The Morgan fingerprint density at radius 3 is 2.38 bits per heavy atom. The Morgan fingerprint density at radius 1 is 1.08 bits per heavy atom. The predicted octanol–water partition coefficient (Wildman–Crippen LogP) is 5.01. The number of para-hydroxylation sites is 1. The lowest BCUT2D eigenvalue weighted by atomic mass is 10.1. The number of carbonyl (C=O) groups is 1. The van der Waals surface area contributed by atoms with E-state index in [4.69, 9.17) is 4.74 Å². The van der Waals surface area contributed by atoms with E-state index in [0.29, 0.717) is 16.7 Å². The van der Waals surface area contributed by atoms with E-state index in [9.17, 15) is 18.0 Å². The van der Waals surface area contributed by atoms with E-state index in [2.05, 4.69) is 4.99 Å². The molecule has 0 unspecified atom stereocenters. The van der Waals surface area contributed by atoms with Gasteiger partial charge in [0.05, 0.1) is 5.69 Å². The van der Waals surface area contributed by atoms with E-state index >= 15 is 0 Å². The van der Waals surface area contributed by atoms with Gasteiger partial charge in [-0.15, -0.1) is 0 Å². The van der Waals surface area contributed by atoms with Crippen LogP contribution in [0.4, 0.5) is 18.9 Å². The summed E-state index contributed by atoms with van der Waals surface area (Å²) in [6, 6.07) is 13.0. The third kappa shape index (κ3) is 3.22. The highest BCUT2D eigenvalue weighted by molar-refractivity contribution is 5.98. The first-order valence-corrected chi connectivity index (χ1v) is 7.10. The fourth-order valence-electron chi connectivity index (χ4n) is 2.26. The molecule has 0 aliphatic carbocycles. The summed E-state index contributed by atoms with van der Waals surface area (Å²) in [6.45, 7) is 1.44. The number of ether oxygens (including phenoxy) is 1. The zero-order valence-electron chi connectivity index (χ0n) is 12.6. The average Bonchev–Trinajstić information content (AvgIpc) is 2.54. The topological polar surface area (TPSA) is 38.7 Å². The molecular weight excluding hydrogens is 319 g/mol. The van der Waals surface area contributed by atoms with Crippen LogP contribution < -0.4 is 0 Å². The molecule has 0 N–H and O–H groups in total. The molecule has 3 rings (SSSR count). The zero-order valence-corrected chi connectivity index (χ0v) is 12.6. The number of benzene rings is 2. The number of nitrogens with zero attached hydrogens (tertiary/aromatic N) is 1. The minimum absolute atomic E-state index is 0.0588. The van der Waals surface area contributed by atoms with Gasteiger partial charge in [0.1, 0.15) is 5.76 Å². The Kier molecular flexibility index (Phi) is 3.97. The fraction of sp³-hybridized carbons (Fsp3) is 0.111. The van der Waals surface area contributed by atoms with Crippen LogP contribution in [0.1, 0.15) is 28.4 Å². The number of hydrogen-bond acceptors (Lipinski definition) is 3. The number of carbonyl (C=O) groups excluding carboxylic acids is 1. The van der Waals surface area contributed by atoms with Crippen LogP contribution in [0.5, 0.6) is 0 Å². The van der Waals surface area contributed by atoms with Crippen LogP contribution in [0.3, 0.4) is 0 Å². The van der Waals surface area contributed by atoms with E-state index < -0.39 is 12.1 Å². The van der Waals surface area contributed by atoms with Gasteiger partial charge in [-0.3, -0.25) is 4.79 Å². The van der Waals surface area contributed by atoms with Crippen molar-refractivity contribution in [2.75, 3.05) is 0 Å². The molecule has 0 fully saturated rings. The molecule has 0 saturated heterocycles. The van der Waals surface area contributed by atoms with Gasteiger partial charge in [-0.2, -0.15) is 13.2 Å². The molecule has 0 amide bonds. The van der Waals surface area contributed by atoms with E-state index in [1.54, 1.807) is 42.5 Å². The quantitative estimate of drug-likeness (QED) is 0.726. The SMILES string of the molecule is CC(=O)c1ccc(/C=C2/OC(C(F)(F)F)=Nc3ccccc32)cc1. The van der Waals surface area contributed by atoms with Gasteiger partial charge in [0, 0.05) is 11.1 Å². The highest BCUT2D eigenvalue weighted by Crippen LogP contribution is 2.36. The number of halogens is 3. The van der Waals surface area contributed by atoms with Gasteiger partial charge >= 0.3 is 12.1 Å². The lowest BCUT2D eigenvalue weighted by molar-refractivity contribution is -0.0727. The molecule has 0 radical (unpaired) electrons. The van der Waals surface area contributed by atoms with Gasteiger partial charge < -0.3 is 4.74 Å². The third-order valence-electron chi connectivity index (χ3n) is 3.46. The molecule has 0 spiro atoms. The van der Waals surface area contributed by atoms with E-state index in [-0.39, 0.29) is 17.2 Å². The summed E-state index contributed by atoms with van der Waals surface area (Å²) < 4.78 is 43.9. The normalized spacial score (nSPS) is 15.5. The minimum atomic E-state index is -4.68. The number of aliphatic imine (C=N–C) groups is 1. The highest BCUT2D eigenvalue weighted by Gasteiger charge is 2.41. The second kappa shape index (κ2) is 5.96. The van der Waals surface area contributed by atoms with E-state index in [1.807, 2.05) is 0 Å². The Hall–Kier alpha value is -2.89. The maximum absolute atomic E-state index is 13.0. The number of Topliss-reactive ketones (excluding diaryl/α,β-unsaturated/α-hetero) is 1. The number of alkyl halides is 3. The number of hydrogen-bond donors (Lipinski definition) is 0. The van der Waals surface area contributed by atoms with Crippen molar-refractivity contribution in [3.05, 3.63) is 65.2 Å². The van der Waals surface area contributed by atoms with Crippen molar-refractivity contribution in [1.82, 2.24) is 0 Å². The number of ketones is 1. The summed E-state index contributed by atoms with van der Waals surface area (Å²) in [6.07, 6.45) is -3.19. The van der Waals surface area contributed by atoms with Crippen LogP contribution in [0.15, 0.2) is 53.5 Å². The van der Waals surface area contributed by atoms with Crippen LogP contribution in [-0.4, -0.2) is 17.9 Å². The molecule has 0 saturated carbocycles. The van der Waals surface area contributed by atoms with Gasteiger partial charge in [0.25, 0.3) is 0 Å². The van der Waals surface area contributed by atoms with Crippen molar-refractivity contribution in [2.24, 2.45) is 4.99 Å². The molecule has 122 valence electrons. The van der Waals surface area contributed by atoms with Crippen LogP contribution in [0.2, 0.25) is 0 Å². The molecule has 0 bridgehead atoms. The van der Waals surface area contributed by atoms with Crippen molar-refractivity contribution >= 4 is 29.2 Å². The Morgan fingerprint density at radius 2 is 1.75 bits per heavy atom. The summed E-state index contributed by atoms with van der Waals surface area (Å²) in [7, 11) is 0. The molecule has 2 aromatic rings. The Labute approximate surface area is 136 Å². The summed E-state index contributed by atoms with van der Waals surface area (Å²) in [5, 5.41) is 0. The second-order valence-corrected chi connectivity index (χ2v) is 5.22. The first kappa shape index (κ1) is 16.0. The maximum Gasteiger partial charge on any atom is 0.468 e. The standard InChI is InChI=1S/C18H12F3NO2/c1-11(23)13-8-6-12(7-9-13)10-16-14-4-2-3-5-15(14)22-17(24-16)18(19,20)21/h2-10H,1H3/b16-10+. The van der Waals surface area contributed by atoms with Crippen LogP contribution >= 0.6 is 0 Å². The average molecular weight is 331 g/mol. The van der Waals surface area contributed by atoms with Crippen LogP contribution in [0, 0.1) is 0 Å². The van der Waals surface area contributed by atoms with Gasteiger partial charge in [0.2, 0.25) is 0 Å². The Bertz CT molecular complexity index is 849. The Balaban J connectivity index is 2.04. The van der Waals surface area contributed by atoms with Gasteiger partial charge in [-0.25, -0.2) is 4.99 Å². The van der Waals surface area contributed by atoms with E-state index in [0.717, 1.165) is 0 Å².